The summed E-state index contributed by atoms with van der Waals surface area (Å²) in [6.45, 7) is 3.24. The predicted molar refractivity (Wildman–Crippen MR) is 204 cm³/mol. The topological polar surface area (TPSA) is 209 Å². The van der Waals surface area contributed by atoms with Crippen molar-refractivity contribution in [3.8, 4) is 0 Å². The lowest BCUT2D eigenvalue weighted by molar-refractivity contribution is -0.210. The number of methoxy groups -OCH3 is 1. The molecule has 4 aliphatic heterocycles. The summed E-state index contributed by atoms with van der Waals surface area (Å²) < 4.78 is 16.2. The zero-order chi connectivity index (χ0) is 40.3. The molecule has 5 aliphatic rings. The smallest absolute Gasteiger partial charge is 0.412 e. The van der Waals surface area contributed by atoms with E-state index in [1.165, 1.54) is 19.3 Å². The van der Waals surface area contributed by atoms with E-state index in [1.54, 1.807) is 28.1 Å². The molecule has 1 aromatic heterocycles. The summed E-state index contributed by atoms with van der Waals surface area (Å²) >= 11 is 0. The van der Waals surface area contributed by atoms with Crippen LogP contribution in [0.4, 0.5) is 16.2 Å². The largest absolute Gasteiger partial charge is 0.453 e. The van der Waals surface area contributed by atoms with Crippen molar-refractivity contribution in [3.05, 3.63) is 70.6 Å². The number of aliphatic imine (C=N–C) groups is 1. The van der Waals surface area contributed by atoms with Crippen LogP contribution in [0.2, 0.25) is 0 Å². The highest BCUT2D eigenvalue weighted by atomic mass is 16.7. The van der Waals surface area contributed by atoms with E-state index >= 15 is 0 Å². The molecule has 0 bridgehead atoms. The number of aromatic nitrogens is 1. The van der Waals surface area contributed by atoms with Crippen molar-refractivity contribution in [1.82, 2.24) is 25.0 Å². The number of rotatable bonds is 11. The Morgan fingerprint density at radius 2 is 1.81 bits per heavy atom. The zero-order valence-electron chi connectivity index (χ0n) is 31.8. The van der Waals surface area contributed by atoms with Gasteiger partial charge in [-0.15, -0.1) is 0 Å². The summed E-state index contributed by atoms with van der Waals surface area (Å²) in [5.74, 6) is -1.85. The number of pyridine rings is 1. The summed E-state index contributed by atoms with van der Waals surface area (Å²) in [5.41, 5.74) is 3.53. The van der Waals surface area contributed by atoms with Crippen molar-refractivity contribution in [2.45, 2.75) is 57.3 Å². The molecule has 1 saturated heterocycles. The molecule has 300 valence electrons. The zero-order valence-corrected chi connectivity index (χ0v) is 31.8. The Labute approximate surface area is 328 Å². The average molecular weight is 784 g/mol. The summed E-state index contributed by atoms with van der Waals surface area (Å²) in [6, 6.07) is 7.31. The predicted octanol–water partition coefficient (Wildman–Crippen LogP) is 1.95. The first kappa shape index (κ1) is 39.5. The van der Waals surface area contributed by atoms with E-state index in [9.17, 15) is 33.9 Å². The van der Waals surface area contributed by atoms with Crippen molar-refractivity contribution in [3.63, 3.8) is 0 Å². The first-order valence-electron chi connectivity index (χ1n) is 19.0. The fraction of sp³-hybridized carbons (Fsp3) is 0.450. The van der Waals surface area contributed by atoms with Gasteiger partial charge in [0.1, 0.15) is 5.84 Å². The van der Waals surface area contributed by atoms with E-state index < -0.39 is 35.5 Å². The number of hydrogen-bond acceptors (Lipinski definition) is 12. The number of aliphatic hydroxyl groups is 1. The molecule has 17 nitrogen and oxygen atoms in total. The van der Waals surface area contributed by atoms with Gasteiger partial charge in [0.25, 0.3) is 11.8 Å². The van der Waals surface area contributed by atoms with E-state index in [1.807, 2.05) is 25.1 Å². The van der Waals surface area contributed by atoms with E-state index in [-0.39, 0.29) is 69.4 Å². The van der Waals surface area contributed by atoms with Crippen LogP contribution in [-0.4, -0.2) is 126 Å². The van der Waals surface area contributed by atoms with Crippen molar-refractivity contribution >= 4 is 58.9 Å². The van der Waals surface area contributed by atoms with Crippen LogP contribution < -0.4 is 10.6 Å². The molecule has 0 spiro atoms. The van der Waals surface area contributed by atoms with Crippen LogP contribution in [0.3, 0.4) is 0 Å². The van der Waals surface area contributed by atoms with Crippen LogP contribution in [-0.2, 0) is 56.6 Å². The molecule has 57 heavy (non-hydrogen) atoms. The lowest BCUT2D eigenvalue weighted by Crippen LogP contribution is -2.48. The van der Waals surface area contributed by atoms with Gasteiger partial charge >= 0.3 is 6.09 Å². The van der Waals surface area contributed by atoms with Crippen LogP contribution in [0.1, 0.15) is 55.0 Å². The van der Waals surface area contributed by atoms with Crippen LogP contribution in [0, 0.1) is 5.92 Å². The highest BCUT2D eigenvalue weighted by Crippen LogP contribution is 2.50. The lowest BCUT2D eigenvalue weighted by atomic mass is 9.92. The molecule has 5 heterocycles. The van der Waals surface area contributed by atoms with E-state index in [0.29, 0.717) is 61.3 Å². The Balaban J connectivity index is 1.02. The summed E-state index contributed by atoms with van der Waals surface area (Å²) in [4.78, 5) is 90.7. The van der Waals surface area contributed by atoms with Crippen LogP contribution in [0.15, 0.2) is 53.2 Å². The third-order valence-corrected chi connectivity index (χ3v) is 10.7. The number of carbonyl (C=O) groups is 6. The quantitative estimate of drug-likeness (QED) is 0.281. The van der Waals surface area contributed by atoms with Gasteiger partial charge in [-0.2, -0.15) is 0 Å². The number of hydrogen-bond donors (Lipinski definition) is 3. The van der Waals surface area contributed by atoms with E-state index in [2.05, 4.69) is 15.6 Å². The molecule has 1 aromatic carbocycles. The molecule has 2 aromatic rings. The van der Waals surface area contributed by atoms with Gasteiger partial charge in [0.05, 0.1) is 62.4 Å². The van der Waals surface area contributed by atoms with Crippen molar-refractivity contribution in [2.75, 3.05) is 58.4 Å². The molecule has 1 aliphatic carbocycles. The van der Waals surface area contributed by atoms with Gasteiger partial charge in [-0.1, -0.05) is 19.1 Å². The number of amidine groups is 1. The third kappa shape index (κ3) is 8.50. The maximum atomic E-state index is 14.0. The second-order valence-corrected chi connectivity index (χ2v) is 14.6. The Hall–Kier alpha value is -5.78. The third-order valence-electron chi connectivity index (χ3n) is 10.7. The number of anilines is 1. The Morgan fingerprint density at radius 1 is 1.05 bits per heavy atom. The standard InChI is InChI=1S/C40H45N7O10/c1-3-11-45(13-14-48)36(51)25-15-24-4-5-28(18-31(24)43-32(17-25)44-39(54)55-2)40(9-10-40)38(53)42-29-16-26-20-46(12-8-30(26)41-19-29)37(52)27-22-56-35(57-23-27)21-47-33(49)6-7-34(47)50/h4-7,15-16,18-19,27,35,48H,3,8-14,17,20-23H2,1-2H3,(H,42,53)(H,43,44,54). The molecule has 0 radical (unpaired) electrons. The monoisotopic (exact) mass is 783 g/mol. The Kier molecular flexibility index (Phi) is 11.6. The highest BCUT2D eigenvalue weighted by molar-refractivity contribution is 6.13. The van der Waals surface area contributed by atoms with Crippen LogP contribution in [0.25, 0.3) is 6.08 Å². The molecule has 3 N–H and O–H groups in total. The molecule has 7 rings (SSSR count). The van der Waals surface area contributed by atoms with E-state index in [0.717, 1.165) is 21.7 Å². The summed E-state index contributed by atoms with van der Waals surface area (Å²) in [5, 5.41) is 15.2. The second kappa shape index (κ2) is 16.8. The highest BCUT2D eigenvalue weighted by Gasteiger charge is 2.51. The molecule has 6 amide bonds. The fourth-order valence-electron chi connectivity index (χ4n) is 7.47. The number of carbonyl (C=O) groups excluding carboxylic acids is 6. The second-order valence-electron chi connectivity index (χ2n) is 14.6. The number of alkyl carbamates (subject to hydrolysis) is 1. The van der Waals surface area contributed by atoms with Crippen LogP contribution in [0.5, 0.6) is 0 Å². The number of aliphatic hydroxyl groups excluding tert-OH is 1. The molecule has 0 unspecified atom stereocenters. The Bertz CT molecular complexity index is 2040. The van der Waals surface area contributed by atoms with Gasteiger partial charge in [-0.05, 0) is 48.6 Å². The van der Waals surface area contributed by atoms with Gasteiger partial charge in [-0.25, -0.2) is 9.79 Å². The maximum Gasteiger partial charge on any atom is 0.412 e. The first-order valence-corrected chi connectivity index (χ1v) is 19.0. The SMILES string of the molecule is CCCN(CCO)C(=O)C1=Cc2ccc(C3(C(=O)Nc4cnc5c(c4)CN(C(=O)C4COC(CN6C(=O)C=CC6=O)OC4)CC5)CC3)cc2N=C(NC(=O)OC)C1. The maximum absolute atomic E-state index is 14.0. The number of amides is 6. The van der Waals surface area contributed by atoms with Crippen molar-refractivity contribution < 1.29 is 48.1 Å². The Morgan fingerprint density at radius 3 is 2.49 bits per heavy atom. The average Bonchev–Trinajstić information content (AvgIpc) is 4.00. The van der Waals surface area contributed by atoms with Gasteiger partial charge in [-0.3, -0.25) is 39.2 Å². The molecular formula is C40H45N7O10. The minimum Gasteiger partial charge on any atom is -0.453 e. The van der Waals surface area contributed by atoms with E-state index in [4.69, 9.17) is 19.2 Å². The molecule has 17 heteroatoms. The number of nitrogens with one attached hydrogen (secondary N) is 2. The number of nitrogens with zero attached hydrogens (tertiary/aromatic N) is 5. The molecular weight excluding hydrogens is 738 g/mol. The van der Waals surface area contributed by atoms with Crippen molar-refractivity contribution in [1.29, 1.82) is 0 Å². The molecule has 0 atom stereocenters. The number of ether oxygens (including phenoxy) is 3. The van der Waals surface area contributed by atoms with Gasteiger partial charge in [0, 0.05) is 68.0 Å². The fourth-order valence-corrected chi connectivity index (χ4v) is 7.47. The lowest BCUT2D eigenvalue weighted by Gasteiger charge is -2.35. The minimum absolute atomic E-state index is 0.0234. The summed E-state index contributed by atoms with van der Waals surface area (Å²) in [6.07, 6.45) is 6.63. The normalized spacial score (nSPS) is 20.8. The first-order chi connectivity index (χ1) is 27.5. The van der Waals surface area contributed by atoms with Crippen molar-refractivity contribution in [2.24, 2.45) is 10.9 Å². The number of benzene rings is 1. The molecule has 1 saturated carbocycles. The van der Waals surface area contributed by atoms with Gasteiger partial charge in [0.2, 0.25) is 17.7 Å². The van der Waals surface area contributed by atoms with Gasteiger partial charge < -0.3 is 34.4 Å². The van der Waals surface area contributed by atoms with Crippen LogP contribution >= 0.6 is 0 Å². The van der Waals surface area contributed by atoms with Gasteiger partial charge in [0.15, 0.2) is 6.29 Å². The number of fused-ring (bicyclic) bond motifs is 2. The number of imide groups is 1. The molecule has 2 fully saturated rings. The summed E-state index contributed by atoms with van der Waals surface area (Å²) in [7, 11) is 1.23. The minimum atomic E-state index is -0.836.